The zero-order valence-corrected chi connectivity index (χ0v) is 11.7. The average molecular weight is 267 g/mol. The van der Waals surface area contributed by atoms with Crippen molar-refractivity contribution in [2.45, 2.75) is 38.3 Å². The molecule has 0 spiro atoms. The Hall–Kier alpha value is -1.54. The normalized spacial score (nSPS) is 28.1. The van der Waals surface area contributed by atoms with Gasteiger partial charge in [0.1, 0.15) is 5.76 Å². The van der Waals surface area contributed by atoms with Crippen LogP contribution in [0, 0.1) is 11.8 Å². The van der Waals surface area contributed by atoms with Gasteiger partial charge in [-0.05, 0) is 60.8 Å². The van der Waals surface area contributed by atoms with Crippen molar-refractivity contribution in [2.24, 2.45) is 11.8 Å². The zero-order valence-electron chi connectivity index (χ0n) is 11.7. The minimum absolute atomic E-state index is 0.646. The fraction of sp³-hybridized carbons (Fsp3) is 0.444. The first kappa shape index (κ1) is 12.2. The van der Waals surface area contributed by atoms with Gasteiger partial charge in [-0.15, -0.1) is 0 Å². The van der Waals surface area contributed by atoms with E-state index in [0.717, 1.165) is 24.1 Å². The van der Waals surface area contributed by atoms with Crippen LogP contribution in [0.5, 0.6) is 0 Å². The molecule has 0 aliphatic heterocycles. The third-order valence-corrected chi connectivity index (χ3v) is 5.10. The molecular formula is C18H21NO. The Kier molecular flexibility index (Phi) is 3.12. The lowest BCUT2D eigenvalue weighted by Gasteiger charge is -2.23. The van der Waals surface area contributed by atoms with E-state index >= 15 is 0 Å². The Labute approximate surface area is 120 Å². The van der Waals surface area contributed by atoms with E-state index in [1.54, 1.807) is 17.4 Å². The molecule has 1 aromatic heterocycles. The molecule has 20 heavy (non-hydrogen) atoms. The number of hydrogen-bond donors (Lipinski definition) is 1. The summed E-state index contributed by atoms with van der Waals surface area (Å²) in [6.45, 7) is 0.862. The Morgan fingerprint density at radius 1 is 0.950 bits per heavy atom. The predicted molar refractivity (Wildman–Crippen MR) is 79.4 cm³/mol. The highest BCUT2D eigenvalue weighted by molar-refractivity contribution is 5.30. The van der Waals surface area contributed by atoms with Gasteiger partial charge in [0.2, 0.25) is 0 Å². The van der Waals surface area contributed by atoms with Crippen molar-refractivity contribution in [3.63, 3.8) is 0 Å². The summed E-state index contributed by atoms with van der Waals surface area (Å²) in [4.78, 5) is 0. The summed E-state index contributed by atoms with van der Waals surface area (Å²) in [5, 5.41) is 3.77. The second-order valence-electron chi connectivity index (χ2n) is 6.26. The summed E-state index contributed by atoms with van der Waals surface area (Å²) in [6.07, 6.45) is 6.98. The van der Waals surface area contributed by atoms with Crippen LogP contribution < -0.4 is 5.32 Å². The summed E-state index contributed by atoms with van der Waals surface area (Å²) in [7, 11) is 0. The van der Waals surface area contributed by atoms with Crippen molar-refractivity contribution in [3.05, 3.63) is 59.5 Å². The average Bonchev–Trinajstić information content (AvgIpc) is 3.04. The molecule has 0 saturated heterocycles. The van der Waals surface area contributed by atoms with Gasteiger partial charge in [-0.1, -0.05) is 24.3 Å². The third kappa shape index (κ3) is 2.18. The van der Waals surface area contributed by atoms with Crippen LogP contribution in [0.25, 0.3) is 0 Å². The molecule has 0 radical (unpaired) electrons. The first-order valence-electron chi connectivity index (χ1n) is 7.73. The van der Waals surface area contributed by atoms with E-state index < -0.39 is 0 Å². The SMILES string of the molecule is c1coc(CNC2C3CCC2Cc2ccccc2C3)c1. The van der Waals surface area contributed by atoms with E-state index in [4.69, 9.17) is 4.42 Å². The molecule has 1 aromatic carbocycles. The first-order valence-corrected chi connectivity index (χ1v) is 7.73. The molecular weight excluding hydrogens is 246 g/mol. The maximum atomic E-state index is 5.45. The van der Waals surface area contributed by atoms with Crippen molar-refractivity contribution in [1.82, 2.24) is 5.32 Å². The van der Waals surface area contributed by atoms with Crippen molar-refractivity contribution < 1.29 is 4.42 Å². The van der Waals surface area contributed by atoms with Crippen LogP contribution in [0.1, 0.15) is 29.7 Å². The molecule has 1 N–H and O–H groups in total. The molecule has 2 heteroatoms. The molecule has 1 fully saturated rings. The van der Waals surface area contributed by atoms with Crippen LogP contribution >= 0.6 is 0 Å². The molecule has 4 rings (SSSR count). The van der Waals surface area contributed by atoms with Crippen LogP contribution in [-0.2, 0) is 19.4 Å². The second kappa shape index (κ2) is 5.10. The molecule has 2 nitrogen and oxygen atoms in total. The summed E-state index contributed by atoms with van der Waals surface area (Å²) >= 11 is 0. The highest BCUT2D eigenvalue weighted by atomic mass is 16.3. The highest BCUT2D eigenvalue weighted by Crippen LogP contribution is 2.40. The van der Waals surface area contributed by atoms with Crippen LogP contribution in [0.15, 0.2) is 47.1 Å². The Bertz CT molecular complexity index is 542. The zero-order chi connectivity index (χ0) is 13.4. The monoisotopic (exact) mass is 267 g/mol. The molecule has 2 bridgehead atoms. The fourth-order valence-electron chi connectivity index (χ4n) is 4.12. The number of rotatable bonds is 3. The lowest BCUT2D eigenvalue weighted by atomic mass is 9.94. The predicted octanol–water partition coefficient (Wildman–Crippen LogP) is 3.56. The summed E-state index contributed by atoms with van der Waals surface area (Å²) in [6, 6.07) is 13.7. The number of fused-ring (bicyclic) bond motifs is 3. The van der Waals surface area contributed by atoms with E-state index in [9.17, 15) is 0 Å². The third-order valence-electron chi connectivity index (χ3n) is 5.10. The maximum Gasteiger partial charge on any atom is 0.117 e. The highest BCUT2D eigenvalue weighted by Gasteiger charge is 2.38. The standard InChI is InChI=1S/C18H21NO/c1-2-5-14-11-16-8-7-15(10-13(14)4-1)18(16)19-12-17-6-3-9-20-17/h1-6,9,15-16,18-19H,7-8,10-12H2. The maximum absolute atomic E-state index is 5.45. The lowest BCUT2D eigenvalue weighted by Crippen LogP contribution is -2.37. The second-order valence-corrected chi connectivity index (χ2v) is 6.26. The van der Waals surface area contributed by atoms with E-state index in [0.29, 0.717) is 6.04 Å². The molecule has 104 valence electrons. The van der Waals surface area contributed by atoms with Gasteiger partial charge in [-0.2, -0.15) is 0 Å². The summed E-state index contributed by atoms with van der Waals surface area (Å²) < 4.78 is 5.45. The molecule has 2 aliphatic rings. The summed E-state index contributed by atoms with van der Waals surface area (Å²) in [5.41, 5.74) is 3.15. The van der Waals surface area contributed by atoms with Crippen molar-refractivity contribution in [3.8, 4) is 0 Å². The van der Waals surface area contributed by atoms with Crippen LogP contribution in [0.3, 0.4) is 0 Å². The van der Waals surface area contributed by atoms with E-state index in [2.05, 4.69) is 35.6 Å². The van der Waals surface area contributed by atoms with Crippen molar-refractivity contribution in [1.29, 1.82) is 0 Å². The molecule has 2 aliphatic carbocycles. The molecule has 1 heterocycles. The van der Waals surface area contributed by atoms with Crippen LogP contribution in [-0.4, -0.2) is 6.04 Å². The number of furan rings is 1. The van der Waals surface area contributed by atoms with Gasteiger partial charge >= 0.3 is 0 Å². The van der Waals surface area contributed by atoms with Crippen LogP contribution in [0.4, 0.5) is 0 Å². The molecule has 1 saturated carbocycles. The number of benzene rings is 1. The smallest absolute Gasteiger partial charge is 0.117 e. The number of nitrogens with one attached hydrogen (secondary N) is 1. The lowest BCUT2D eigenvalue weighted by molar-refractivity contribution is 0.327. The van der Waals surface area contributed by atoms with Crippen molar-refractivity contribution in [2.75, 3.05) is 0 Å². The molecule has 0 amide bonds. The van der Waals surface area contributed by atoms with E-state index in [-0.39, 0.29) is 0 Å². The number of hydrogen-bond acceptors (Lipinski definition) is 2. The van der Waals surface area contributed by atoms with Gasteiger partial charge in [-0.3, -0.25) is 0 Å². The first-order chi connectivity index (χ1) is 9.90. The van der Waals surface area contributed by atoms with Gasteiger partial charge in [0.05, 0.1) is 12.8 Å². The minimum atomic E-state index is 0.646. The minimum Gasteiger partial charge on any atom is -0.468 e. The van der Waals surface area contributed by atoms with E-state index in [1.807, 2.05) is 6.07 Å². The van der Waals surface area contributed by atoms with Gasteiger partial charge < -0.3 is 9.73 Å². The van der Waals surface area contributed by atoms with Gasteiger partial charge in [0.15, 0.2) is 0 Å². The summed E-state index contributed by atoms with van der Waals surface area (Å²) in [5.74, 6) is 2.63. The van der Waals surface area contributed by atoms with Gasteiger partial charge in [-0.25, -0.2) is 0 Å². The Morgan fingerprint density at radius 3 is 2.25 bits per heavy atom. The Morgan fingerprint density at radius 2 is 1.65 bits per heavy atom. The van der Waals surface area contributed by atoms with Gasteiger partial charge in [0, 0.05) is 6.04 Å². The van der Waals surface area contributed by atoms with E-state index in [1.165, 1.54) is 25.7 Å². The molecule has 2 unspecified atom stereocenters. The van der Waals surface area contributed by atoms with Crippen LogP contribution in [0.2, 0.25) is 0 Å². The molecule has 2 aromatic rings. The topological polar surface area (TPSA) is 25.2 Å². The fourth-order valence-corrected chi connectivity index (χ4v) is 4.12. The van der Waals surface area contributed by atoms with Crippen molar-refractivity contribution >= 4 is 0 Å². The largest absolute Gasteiger partial charge is 0.468 e. The quantitative estimate of drug-likeness (QED) is 0.919. The Balaban J connectivity index is 1.52. The van der Waals surface area contributed by atoms with Gasteiger partial charge in [0.25, 0.3) is 0 Å². The molecule has 2 atom stereocenters.